The van der Waals surface area contributed by atoms with Crippen LogP contribution < -0.4 is 9.46 Å². The number of hydrogen-bond acceptors (Lipinski definition) is 4. The number of nitrogens with one attached hydrogen (secondary N) is 1. The van der Waals surface area contributed by atoms with Gasteiger partial charge in [0.05, 0.1) is 11.5 Å². The molecular weight excluding hydrogens is 324 g/mol. The lowest BCUT2D eigenvalue weighted by molar-refractivity contribution is 0.300. The van der Waals surface area contributed by atoms with E-state index in [4.69, 9.17) is 4.74 Å². The highest BCUT2D eigenvalue weighted by Gasteiger charge is 2.13. The first-order valence-electron chi connectivity index (χ1n) is 7.48. The van der Waals surface area contributed by atoms with E-state index >= 15 is 0 Å². The largest absolute Gasteiger partial charge is 0.494 e. The molecule has 0 aliphatic rings. The third kappa shape index (κ3) is 6.96. The lowest BCUT2D eigenvalue weighted by Crippen LogP contribution is -2.30. The van der Waals surface area contributed by atoms with Crippen LogP contribution in [0.5, 0.6) is 5.75 Å². The Balaban J connectivity index is 0.00000441. The molecular formula is C15H27ClN2O3S. The van der Waals surface area contributed by atoms with E-state index in [1.165, 1.54) is 0 Å². The maximum atomic E-state index is 12.1. The van der Waals surface area contributed by atoms with Crippen LogP contribution >= 0.6 is 12.4 Å². The van der Waals surface area contributed by atoms with E-state index in [0.29, 0.717) is 18.9 Å². The Bertz CT molecular complexity index is 502. The van der Waals surface area contributed by atoms with E-state index in [9.17, 15) is 8.42 Å². The van der Waals surface area contributed by atoms with Gasteiger partial charge < -0.3 is 9.64 Å². The summed E-state index contributed by atoms with van der Waals surface area (Å²) in [7, 11) is -3.43. The number of benzene rings is 1. The zero-order chi connectivity index (χ0) is 15.7. The van der Waals surface area contributed by atoms with Gasteiger partial charge in [0.1, 0.15) is 5.75 Å². The summed E-state index contributed by atoms with van der Waals surface area (Å²) in [6, 6.07) is 6.48. The highest BCUT2D eigenvalue weighted by atomic mass is 35.5. The van der Waals surface area contributed by atoms with Crippen LogP contribution in [-0.2, 0) is 10.0 Å². The molecule has 1 rings (SSSR count). The molecule has 0 bridgehead atoms. The molecule has 5 nitrogen and oxygen atoms in total. The fourth-order valence-electron chi connectivity index (χ4n) is 2.01. The summed E-state index contributed by atoms with van der Waals surface area (Å²) in [5.41, 5.74) is 0. The van der Waals surface area contributed by atoms with Crippen molar-refractivity contribution in [1.82, 2.24) is 9.62 Å². The van der Waals surface area contributed by atoms with Crippen LogP contribution in [0.3, 0.4) is 0 Å². The molecule has 0 fully saturated rings. The zero-order valence-corrected chi connectivity index (χ0v) is 15.2. The third-order valence-electron chi connectivity index (χ3n) is 3.28. The molecule has 22 heavy (non-hydrogen) atoms. The quantitative estimate of drug-likeness (QED) is 0.659. The average Bonchev–Trinajstić information content (AvgIpc) is 2.48. The number of hydrogen-bond donors (Lipinski definition) is 1. The molecule has 0 aliphatic heterocycles. The van der Waals surface area contributed by atoms with Crippen molar-refractivity contribution in [3.8, 4) is 5.75 Å². The van der Waals surface area contributed by atoms with Crippen molar-refractivity contribution in [2.45, 2.75) is 32.1 Å². The Morgan fingerprint density at radius 3 is 2.18 bits per heavy atom. The highest BCUT2D eigenvalue weighted by molar-refractivity contribution is 7.89. The number of sulfonamides is 1. The van der Waals surface area contributed by atoms with Crippen molar-refractivity contribution >= 4 is 22.4 Å². The highest BCUT2D eigenvalue weighted by Crippen LogP contribution is 2.15. The Hall–Kier alpha value is -0.820. The molecule has 0 aliphatic carbocycles. The molecule has 1 aromatic carbocycles. The fourth-order valence-corrected chi connectivity index (χ4v) is 3.09. The van der Waals surface area contributed by atoms with Crippen molar-refractivity contribution in [3.05, 3.63) is 24.3 Å². The average molecular weight is 351 g/mol. The predicted octanol–water partition coefficient (Wildman–Crippen LogP) is 2.52. The second-order valence-corrected chi connectivity index (χ2v) is 6.45. The van der Waals surface area contributed by atoms with Crippen LogP contribution in [0, 0.1) is 0 Å². The van der Waals surface area contributed by atoms with Gasteiger partial charge in [-0.3, -0.25) is 0 Å². The van der Waals surface area contributed by atoms with Crippen molar-refractivity contribution in [2.24, 2.45) is 0 Å². The number of ether oxygens (including phenoxy) is 1. The molecule has 128 valence electrons. The van der Waals surface area contributed by atoms with Gasteiger partial charge in [-0.25, -0.2) is 13.1 Å². The Morgan fingerprint density at radius 1 is 1.09 bits per heavy atom. The maximum absolute atomic E-state index is 12.1. The summed E-state index contributed by atoms with van der Waals surface area (Å²) < 4.78 is 32.2. The predicted molar refractivity (Wildman–Crippen MR) is 92.5 cm³/mol. The van der Waals surface area contributed by atoms with Gasteiger partial charge >= 0.3 is 0 Å². The summed E-state index contributed by atoms with van der Waals surface area (Å²) in [6.45, 7) is 9.99. The SMILES string of the molecule is CCOc1ccc(S(=O)(=O)NCCCN(CC)CC)cc1.Cl. The van der Waals surface area contributed by atoms with E-state index in [0.717, 1.165) is 26.1 Å². The van der Waals surface area contributed by atoms with E-state index in [2.05, 4.69) is 23.5 Å². The summed E-state index contributed by atoms with van der Waals surface area (Å²) in [5.74, 6) is 0.679. The van der Waals surface area contributed by atoms with Crippen molar-refractivity contribution in [1.29, 1.82) is 0 Å². The second-order valence-electron chi connectivity index (χ2n) is 4.68. The van der Waals surface area contributed by atoms with Crippen LogP contribution in [0.15, 0.2) is 29.2 Å². The molecule has 0 saturated carbocycles. The first kappa shape index (κ1) is 21.2. The number of rotatable bonds is 10. The topological polar surface area (TPSA) is 58.6 Å². The monoisotopic (exact) mass is 350 g/mol. The first-order valence-corrected chi connectivity index (χ1v) is 8.96. The second kappa shape index (κ2) is 10.8. The van der Waals surface area contributed by atoms with Gasteiger partial charge in [-0.2, -0.15) is 0 Å². The normalized spacial score (nSPS) is 11.3. The smallest absolute Gasteiger partial charge is 0.240 e. The van der Waals surface area contributed by atoms with E-state index in [1.54, 1.807) is 24.3 Å². The Morgan fingerprint density at radius 2 is 1.68 bits per heavy atom. The van der Waals surface area contributed by atoms with Gasteiger partial charge in [0.25, 0.3) is 0 Å². The van der Waals surface area contributed by atoms with Gasteiger partial charge in [0, 0.05) is 6.54 Å². The standard InChI is InChI=1S/C15H26N2O3S.ClH/c1-4-17(5-2)13-7-12-16-21(18,19)15-10-8-14(9-11-15)20-6-3;/h8-11,16H,4-7,12-13H2,1-3H3;1H. The first-order chi connectivity index (χ1) is 10.0. The van der Waals surface area contributed by atoms with Gasteiger partial charge in [-0.1, -0.05) is 13.8 Å². The molecule has 0 saturated heterocycles. The molecule has 1 aromatic rings. The minimum atomic E-state index is -3.43. The molecule has 1 N–H and O–H groups in total. The van der Waals surface area contributed by atoms with Crippen LogP contribution in [0.2, 0.25) is 0 Å². The summed E-state index contributed by atoms with van der Waals surface area (Å²) in [4.78, 5) is 2.54. The molecule has 0 unspecified atom stereocenters. The molecule has 0 atom stereocenters. The minimum Gasteiger partial charge on any atom is -0.494 e. The molecule has 0 amide bonds. The number of halogens is 1. The van der Waals surface area contributed by atoms with Crippen LogP contribution in [0.25, 0.3) is 0 Å². The third-order valence-corrected chi connectivity index (χ3v) is 4.76. The van der Waals surface area contributed by atoms with Gasteiger partial charge in [-0.05, 0) is 57.2 Å². The molecule has 7 heteroatoms. The Labute approximate surface area is 140 Å². The van der Waals surface area contributed by atoms with Gasteiger partial charge in [0.15, 0.2) is 0 Å². The molecule has 0 spiro atoms. The van der Waals surface area contributed by atoms with E-state index in [-0.39, 0.29) is 17.3 Å². The maximum Gasteiger partial charge on any atom is 0.240 e. The summed E-state index contributed by atoms with van der Waals surface area (Å²) in [6.07, 6.45) is 0.804. The zero-order valence-electron chi connectivity index (χ0n) is 13.5. The van der Waals surface area contributed by atoms with Gasteiger partial charge in [0.2, 0.25) is 10.0 Å². The molecule has 0 heterocycles. The van der Waals surface area contributed by atoms with E-state index < -0.39 is 10.0 Å². The molecule has 0 radical (unpaired) electrons. The summed E-state index contributed by atoms with van der Waals surface area (Å²) in [5, 5.41) is 0. The lowest BCUT2D eigenvalue weighted by atomic mass is 10.3. The fraction of sp³-hybridized carbons (Fsp3) is 0.600. The van der Waals surface area contributed by atoms with Crippen LogP contribution in [0.4, 0.5) is 0 Å². The van der Waals surface area contributed by atoms with Crippen LogP contribution in [-0.4, -0.2) is 46.1 Å². The lowest BCUT2D eigenvalue weighted by Gasteiger charge is -2.17. The Kier molecular flexibility index (Phi) is 10.4. The van der Waals surface area contributed by atoms with E-state index in [1.807, 2.05) is 6.92 Å². The molecule has 0 aromatic heterocycles. The van der Waals surface area contributed by atoms with Gasteiger partial charge in [-0.15, -0.1) is 12.4 Å². The van der Waals surface area contributed by atoms with Crippen molar-refractivity contribution in [3.63, 3.8) is 0 Å². The van der Waals surface area contributed by atoms with Crippen molar-refractivity contribution in [2.75, 3.05) is 32.8 Å². The summed E-state index contributed by atoms with van der Waals surface area (Å²) >= 11 is 0. The van der Waals surface area contributed by atoms with Crippen LogP contribution in [0.1, 0.15) is 27.2 Å². The van der Waals surface area contributed by atoms with Crippen molar-refractivity contribution < 1.29 is 13.2 Å². The minimum absolute atomic E-state index is 0. The number of nitrogens with zero attached hydrogens (tertiary/aromatic N) is 1.